The largest absolute Gasteiger partial charge is 0.481 e. The average Bonchev–Trinajstić information content (AvgIpc) is 2.27. The molecule has 0 amide bonds. The van der Waals surface area contributed by atoms with Crippen LogP contribution in [-0.2, 0) is 4.79 Å². The van der Waals surface area contributed by atoms with E-state index in [2.05, 4.69) is 26.0 Å². The Morgan fingerprint density at radius 3 is 2.88 bits per heavy atom. The highest BCUT2D eigenvalue weighted by Gasteiger charge is 2.33. The van der Waals surface area contributed by atoms with Crippen molar-refractivity contribution in [1.82, 2.24) is 0 Å². The average molecular weight is 234 g/mol. The molecule has 4 atom stereocenters. The highest BCUT2D eigenvalue weighted by atomic mass is 16.4. The van der Waals surface area contributed by atoms with E-state index in [9.17, 15) is 4.79 Å². The standard InChI is InChI=1S/C15H22O2/c1-10-3-6-14-12(9-10)5-4-11(2)13(14)7-8-15(16)17/h4-5,7,10-12,14H,3,6,8-9H2,1-2H3,(H,16,17)/b13-7+/t10-,11+,12+,14+/m1/s1. The Labute approximate surface area is 103 Å². The smallest absolute Gasteiger partial charge is 0.307 e. The number of hydrogen-bond donors (Lipinski definition) is 1. The van der Waals surface area contributed by atoms with E-state index in [1.54, 1.807) is 0 Å². The van der Waals surface area contributed by atoms with Gasteiger partial charge in [0.05, 0.1) is 6.42 Å². The molecule has 0 aliphatic heterocycles. The van der Waals surface area contributed by atoms with Crippen LogP contribution in [0.2, 0.25) is 0 Å². The molecular formula is C15H22O2. The van der Waals surface area contributed by atoms with Crippen LogP contribution in [0.15, 0.2) is 23.8 Å². The predicted octanol–water partition coefficient (Wildman–Crippen LogP) is 3.65. The maximum absolute atomic E-state index is 10.7. The Bertz CT molecular complexity index is 354. The van der Waals surface area contributed by atoms with E-state index in [0.717, 1.165) is 5.92 Å². The second-order valence-corrected chi connectivity index (χ2v) is 5.66. The normalized spacial score (nSPS) is 39.1. The maximum Gasteiger partial charge on any atom is 0.307 e. The van der Waals surface area contributed by atoms with Crippen molar-refractivity contribution in [2.75, 3.05) is 0 Å². The Morgan fingerprint density at radius 2 is 2.18 bits per heavy atom. The lowest BCUT2D eigenvalue weighted by atomic mass is 9.66. The number of aliphatic carboxylic acids is 1. The molecular weight excluding hydrogens is 212 g/mol. The molecule has 2 nitrogen and oxygen atoms in total. The fraction of sp³-hybridized carbons (Fsp3) is 0.667. The molecule has 0 aromatic rings. The van der Waals surface area contributed by atoms with Crippen LogP contribution in [0.1, 0.15) is 39.5 Å². The van der Waals surface area contributed by atoms with Gasteiger partial charge in [-0.2, -0.15) is 0 Å². The van der Waals surface area contributed by atoms with Crippen molar-refractivity contribution < 1.29 is 9.90 Å². The minimum atomic E-state index is -0.722. The summed E-state index contributed by atoms with van der Waals surface area (Å²) in [6.45, 7) is 4.50. The molecule has 0 bridgehead atoms. The van der Waals surface area contributed by atoms with Crippen molar-refractivity contribution in [2.24, 2.45) is 23.7 Å². The number of carboxylic acid groups (broad SMARTS) is 1. The summed E-state index contributed by atoms with van der Waals surface area (Å²) in [5.74, 6) is 1.76. The van der Waals surface area contributed by atoms with Gasteiger partial charge in [-0.1, -0.05) is 44.1 Å². The van der Waals surface area contributed by atoms with Gasteiger partial charge in [0.2, 0.25) is 0 Å². The molecule has 0 radical (unpaired) electrons. The molecule has 1 saturated carbocycles. The van der Waals surface area contributed by atoms with Crippen LogP contribution in [0.5, 0.6) is 0 Å². The first-order valence-corrected chi connectivity index (χ1v) is 6.68. The van der Waals surface area contributed by atoms with Crippen molar-refractivity contribution in [3.8, 4) is 0 Å². The minimum absolute atomic E-state index is 0.173. The third-order valence-corrected chi connectivity index (χ3v) is 4.28. The van der Waals surface area contributed by atoms with E-state index < -0.39 is 5.97 Å². The second-order valence-electron chi connectivity index (χ2n) is 5.66. The zero-order valence-corrected chi connectivity index (χ0v) is 10.7. The van der Waals surface area contributed by atoms with Gasteiger partial charge in [-0.25, -0.2) is 0 Å². The lowest BCUT2D eigenvalue weighted by molar-refractivity contribution is -0.136. The topological polar surface area (TPSA) is 37.3 Å². The minimum Gasteiger partial charge on any atom is -0.481 e. The molecule has 1 N–H and O–H groups in total. The summed E-state index contributed by atoms with van der Waals surface area (Å²) >= 11 is 0. The molecule has 94 valence electrons. The number of fused-ring (bicyclic) bond motifs is 1. The first-order valence-electron chi connectivity index (χ1n) is 6.68. The number of carbonyl (C=O) groups is 1. The summed E-state index contributed by atoms with van der Waals surface area (Å²) < 4.78 is 0. The van der Waals surface area contributed by atoms with Gasteiger partial charge in [0, 0.05) is 0 Å². The molecule has 2 aliphatic carbocycles. The van der Waals surface area contributed by atoms with Crippen molar-refractivity contribution in [1.29, 1.82) is 0 Å². The van der Waals surface area contributed by atoms with E-state index in [4.69, 9.17) is 5.11 Å². The van der Waals surface area contributed by atoms with Crippen LogP contribution < -0.4 is 0 Å². The second kappa shape index (κ2) is 5.07. The van der Waals surface area contributed by atoms with E-state index in [0.29, 0.717) is 17.8 Å². The molecule has 2 aliphatic rings. The highest BCUT2D eigenvalue weighted by molar-refractivity contribution is 5.68. The van der Waals surface area contributed by atoms with E-state index >= 15 is 0 Å². The zero-order chi connectivity index (χ0) is 12.4. The summed E-state index contributed by atoms with van der Waals surface area (Å²) in [5, 5.41) is 8.81. The summed E-state index contributed by atoms with van der Waals surface area (Å²) in [7, 11) is 0. The molecule has 17 heavy (non-hydrogen) atoms. The van der Waals surface area contributed by atoms with Crippen LogP contribution in [0.3, 0.4) is 0 Å². The molecule has 0 heterocycles. The molecule has 0 saturated heterocycles. The number of allylic oxidation sites excluding steroid dienone is 3. The van der Waals surface area contributed by atoms with Gasteiger partial charge in [-0.3, -0.25) is 4.79 Å². The SMILES string of the molecule is C[C@@H]1CC[C@@H]2/C(=C/CC(=O)O)[C@@H](C)C=C[C@H]2C1. The van der Waals surface area contributed by atoms with Crippen LogP contribution >= 0.6 is 0 Å². The monoisotopic (exact) mass is 234 g/mol. The van der Waals surface area contributed by atoms with Gasteiger partial charge >= 0.3 is 5.97 Å². The highest BCUT2D eigenvalue weighted by Crippen LogP contribution is 2.44. The summed E-state index contributed by atoms with van der Waals surface area (Å²) in [4.78, 5) is 10.7. The lowest BCUT2D eigenvalue weighted by Gasteiger charge is -2.39. The summed E-state index contributed by atoms with van der Waals surface area (Å²) in [5.41, 5.74) is 1.37. The van der Waals surface area contributed by atoms with Crippen LogP contribution in [0.4, 0.5) is 0 Å². The van der Waals surface area contributed by atoms with E-state index in [-0.39, 0.29) is 6.42 Å². The van der Waals surface area contributed by atoms with Gasteiger partial charge in [0.1, 0.15) is 0 Å². The molecule has 0 aromatic carbocycles. The Balaban J connectivity index is 2.17. The molecule has 2 rings (SSSR count). The number of carboxylic acids is 1. The Kier molecular flexibility index (Phi) is 3.70. The molecule has 2 heteroatoms. The molecule has 0 spiro atoms. The number of hydrogen-bond acceptors (Lipinski definition) is 1. The van der Waals surface area contributed by atoms with Crippen molar-refractivity contribution in [3.63, 3.8) is 0 Å². The predicted molar refractivity (Wildman–Crippen MR) is 68.6 cm³/mol. The fourth-order valence-electron chi connectivity index (χ4n) is 3.35. The molecule has 0 aromatic heterocycles. The van der Waals surface area contributed by atoms with Gasteiger partial charge in [0.15, 0.2) is 0 Å². The lowest BCUT2D eigenvalue weighted by Crippen LogP contribution is -2.28. The van der Waals surface area contributed by atoms with Crippen LogP contribution in [0.25, 0.3) is 0 Å². The van der Waals surface area contributed by atoms with Gasteiger partial charge in [-0.05, 0) is 36.5 Å². The van der Waals surface area contributed by atoms with Gasteiger partial charge in [0.25, 0.3) is 0 Å². The van der Waals surface area contributed by atoms with Crippen molar-refractivity contribution >= 4 is 5.97 Å². The van der Waals surface area contributed by atoms with Gasteiger partial charge < -0.3 is 5.11 Å². The summed E-state index contributed by atoms with van der Waals surface area (Å²) in [6.07, 6.45) is 10.5. The number of rotatable bonds is 2. The quantitative estimate of drug-likeness (QED) is 0.740. The third kappa shape index (κ3) is 2.80. The van der Waals surface area contributed by atoms with Crippen LogP contribution in [0, 0.1) is 23.7 Å². The van der Waals surface area contributed by atoms with Gasteiger partial charge in [-0.15, -0.1) is 0 Å². The van der Waals surface area contributed by atoms with E-state index in [1.165, 1.54) is 24.8 Å². The van der Waals surface area contributed by atoms with Crippen LogP contribution in [-0.4, -0.2) is 11.1 Å². The third-order valence-electron chi connectivity index (χ3n) is 4.28. The first-order chi connectivity index (χ1) is 8.08. The molecule has 0 unspecified atom stereocenters. The van der Waals surface area contributed by atoms with Crippen molar-refractivity contribution in [2.45, 2.75) is 39.5 Å². The zero-order valence-electron chi connectivity index (χ0n) is 10.7. The van der Waals surface area contributed by atoms with Crippen molar-refractivity contribution in [3.05, 3.63) is 23.8 Å². The summed E-state index contributed by atoms with van der Waals surface area (Å²) in [6, 6.07) is 0. The fourth-order valence-corrected chi connectivity index (χ4v) is 3.35. The maximum atomic E-state index is 10.7. The molecule has 1 fully saturated rings. The Hall–Kier alpha value is -1.05. The Morgan fingerprint density at radius 1 is 1.41 bits per heavy atom. The first kappa shape index (κ1) is 12.4. The van der Waals surface area contributed by atoms with E-state index in [1.807, 2.05) is 6.08 Å².